The van der Waals surface area contributed by atoms with Crippen LogP contribution in [0.4, 0.5) is 0 Å². The molecular formula is C13H17ClO3S. The Morgan fingerprint density at radius 1 is 1.44 bits per heavy atom. The number of benzene rings is 1. The fourth-order valence-corrected chi connectivity index (χ4v) is 2.29. The monoisotopic (exact) mass is 288 g/mol. The lowest BCUT2D eigenvalue weighted by molar-refractivity contribution is 0.108. The average molecular weight is 289 g/mol. The second-order valence-corrected chi connectivity index (χ2v) is 5.14. The Kier molecular flexibility index (Phi) is 6.36. The van der Waals surface area contributed by atoms with Crippen molar-refractivity contribution in [2.75, 3.05) is 25.3 Å². The van der Waals surface area contributed by atoms with E-state index in [0.29, 0.717) is 29.5 Å². The zero-order valence-corrected chi connectivity index (χ0v) is 12.4. The van der Waals surface area contributed by atoms with Crippen LogP contribution in [-0.4, -0.2) is 30.5 Å². The standard InChI is InChI=1S/C13H17ClO3S/c1-4-18-13(15)10-5-6-11(16-3)12(9(10)2)17-8-7-14/h5-6H,4,7-8H2,1-3H3. The molecule has 0 spiro atoms. The quantitative estimate of drug-likeness (QED) is 0.751. The van der Waals surface area contributed by atoms with Crippen molar-refractivity contribution < 1.29 is 14.3 Å². The highest BCUT2D eigenvalue weighted by atomic mass is 35.5. The van der Waals surface area contributed by atoms with Crippen LogP contribution in [0.3, 0.4) is 0 Å². The van der Waals surface area contributed by atoms with Gasteiger partial charge in [-0.05, 0) is 24.8 Å². The summed E-state index contributed by atoms with van der Waals surface area (Å²) in [5.74, 6) is 2.36. The van der Waals surface area contributed by atoms with Crippen molar-refractivity contribution in [1.82, 2.24) is 0 Å². The van der Waals surface area contributed by atoms with Crippen molar-refractivity contribution in [3.8, 4) is 11.5 Å². The Labute approximate surface area is 117 Å². The van der Waals surface area contributed by atoms with Gasteiger partial charge in [0.1, 0.15) is 6.61 Å². The van der Waals surface area contributed by atoms with E-state index < -0.39 is 0 Å². The maximum atomic E-state index is 11.9. The highest BCUT2D eigenvalue weighted by Gasteiger charge is 2.16. The van der Waals surface area contributed by atoms with Gasteiger partial charge in [0.2, 0.25) is 5.12 Å². The summed E-state index contributed by atoms with van der Waals surface area (Å²) in [5.41, 5.74) is 1.46. The van der Waals surface area contributed by atoms with Gasteiger partial charge in [0.15, 0.2) is 11.5 Å². The number of hydrogen-bond acceptors (Lipinski definition) is 4. The number of thioether (sulfide) groups is 1. The van der Waals surface area contributed by atoms with Gasteiger partial charge in [-0.15, -0.1) is 11.6 Å². The third-order valence-electron chi connectivity index (χ3n) is 2.41. The minimum Gasteiger partial charge on any atom is -0.493 e. The SMILES string of the molecule is CCSC(=O)c1ccc(OC)c(OCCCl)c1C. The van der Waals surface area contributed by atoms with Crippen LogP contribution in [0, 0.1) is 6.92 Å². The molecule has 0 aliphatic heterocycles. The summed E-state index contributed by atoms with van der Waals surface area (Å²) in [6, 6.07) is 3.52. The molecule has 0 aromatic heterocycles. The van der Waals surface area contributed by atoms with Crippen LogP contribution in [-0.2, 0) is 0 Å². The van der Waals surface area contributed by atoms with E-state index in [2.05, 4.69) is 0 Å². The van der Waals surface area contributed by atoms with Gasteiger partial charge in [0.25, 0.3) is 0 Å². The third-order valence-corrected chi connectivity index (χ3v) is 3.33. The summed E-state index contributed by atoms with van der Waals surface area (Å²) in [6.07, 6.45) is 0. The van der Waals surface area contributed by atoms with Crippen molar-refractivity contribution in [2.24, 2.45) is 0 Å². The number of ether oxygens (including phenoxy) is 2. The Hall–Kier alpha value is -0.870. The first-order valence-electron chi connectivity index (χ1n) is 5.69. The van der Waals surface area contributed by atoms with E-state index in [1.165, 1.54) is 11.8 Å². The van der Waals surface area contributed by atoms with E-state index in [0.717, 1.165) is 11.3 Å². The number of methoxy groups -OCH3 is 1. The number of hydrogen-bond donors (Lipinski definition) is 0. The van der Waals surface area contributed by atoms with Crippen molar-refractivity contribution in [3.63, 3.8) is 0 Å². The molecule has 0 saturated heterocycles. The summed E-state index contributed by atoms with van der Waals surface area (Å²) in [7, 11) is 1.57. The molecule has 0 aliphatic rings. The van der Waals surface area contributed by atoms with Crippen molar-refractivity contribution in [1.29, 1.82) is 0 Å². The summed E-state index contributed by atoms with van der Waals surface area (Å²) in [5, 5.41) is 0.0494. The van der Waals surface area contributed by atoms with Gasteiger partial charge >= 0.3 is 0 Å². The number of halogens is 1. The lowest BCUT2D eigenvalue weighted by atomic mass is 10.1. The zero-order valence-electron chi connectivity index (χ0n) is 10.8. The Morgan fingerprint density at radius 3 is 2.72 bits per heavy atom. The number of alkyl halides is 1. The van der Waals surface area contributed by atoms with Gasteiger partial charge in [-0.2, -0.15) is 0 Å². The molecule has 0 fully saturated rings. The maximum Gasteiger partial charge on any atom is 0.219 e. The molecule has 0 atom stereocenters. The molecule has 0 bridgehead atoms. The van der Waals surface area contributed by atoms with E-state index in [1.807, 2.05) is 13.8 Å². The van der Waals surface area contributed by atoms with Crippen molar-refractivity contribution in [3.05, 3.63) is 23.3 Å². The molecule has 0 N–H and O–H groups in total. The molecule has 100 valence electrons. The fourth-order valence-electron chi connectivity index (χ4n) is 1.58. The van der Waals surface area contributed by atoms with Crippen LogP contribution in [0.2, 0.25) is 0 Å². The first-order valence-corrected chi connectivity index (χ1v) is 7.21. The summed E-state index contributed by atoms with van der Waals surface area (Å²) in [6.45, 7) is 4.19. The minimum atomic E-state index is 0.0494. The second kappa shape index (κ2) is 7.54. The fraction of sp³-hybridized carbons (Fsp3) is 0.462. The topological polar surface area (TPSA) is 35.5 Å². The van der Waals surface area contributed by atoms with Crippen LogP contribution < -0.4 is 9.47 Å². The smallest absolute Gasteiger partial charge is 0.219 e. The molecule has 3 nitrogen and oxygen atoms in total. The van der Waals surface area contributed by atoms with E-state index in [4.69, 9.17) is 21.1 Å². The first kappa shape index (κ1) is 15.2. The van der Waals surface area contributed by atoms with Crippen LogP contribution in [0.25, 0.3) is 0 Å². The van der Waals surface area contributed by atoms with Crippen molar-refractivity contribution >= 4 is 28.5 Å². The van der Waals surface area contributed by atoms with Crippen molar-refractivity contribution in [2.45, 2.75) is 13.8 Å². The zero-order chi connectivity index (χ0) is 13.5. The molecule has 1 rings (SSSR count). The van der Waals surface area contributed by atoms with Gasteiger partial charge in [0, 0.05) is 11.1 Å². The number of carbonyl (C=O) groups is 1. The van der Waals surface area contributed by atoms with Gasteiger partial charge in [-0.25, -0.2) is 0 Å². The molecule has 0 aliphatic carbocycles. The minimum absolute atomic E-state index is 0.0494. The number of carbonyl (C=O) groups excluding carboxylic acids is 1. The third kappa shape index (κ3) is 3.56. The van der Waals surface area contributed by atoms with E-state index in [9.17, 15) is 4.79 Å². The summed E-state index contributed by atoms with van der Waals surface area (Å²) < 4.78 is 10.8. The lowest BCUT2D eigenvalue weighted by Crippen LogP contribution is -2.05. The Balaban J connectivity index is 3.11. The molecule has 1 aromatic carbocycles. The molecule has 0 heterocycles. The highest BCUT2D eigenvalue weighted by Crippen LogP contribution is 2.34. The van der Waals surface area contributed by atoms with Crippen LogP contribution in [0.5, 0.6) is 11.5 Å². The molecule has 0 amide bonds. The van der Waals surface area contributed by atoms with E-state index in [-0.39, 0.29) is 5.12 Å². The number of rotatable bonds is 6. The Bertz CT molecular complexity index is 421. The van der Waals surface area contributed by atoms with Gasteiger partial charge < -0.3 is 9.47 Å². The lowest BCUT2D eigenvalue weighted by Gasteiger charge is -2.15. The molecular weight excluding hydrogens is 272 g/mol. The predicted octanol–water partition coefficient (Wildman–Crippen LogP) is 3.51. The van der Waals surface area contributed by atoms with Crippen LogP contribution >= 0.6 is 23.4 Å². The average Bonchev–Trinajstić information content (AvgIpc) is 2.37. The molecule has 0 radical (unpaired) electrons. The predicted molar refractivity (Wildman–Crippen MR) is 76.4 cm³/mol. The van der Waals surface area contributed by atoms with Crippen LogP contribution in [0.15, 0.2) is 12.1 Å². The molecule has 0 saturated carbocycles. The molecule has 0 unspecified atom stereocenters. The molecule has 5 heteroatoms. The normalized spacial score (nSPS) is 10.2. The van der Waals surface area contributed by atoms with Gasteiger partial charge in [-0.1, -0.05) is 18.7 Å². The summed E-state index contributed by atoms with van der Waals surface area (Å²) in [4.78, 5) is 11.9. The van der Waals surface area contributed by atoms with Gasteiger partial charge in [-0.3, -0.25) is 4.79 Å². The second-order valence-electron chi connectivity index (χ2n) is 3.53. The molecule has 18 heavy (non-hydrogen) atoms. The highest BCUT2D eigenvalue weighted by molar-refractivity contribution is 8.14. The van der Waals surface area contributed by atoms with E-state index >= 15 is 0 Å². The summed E-state index contributed by atoms with van der Waals surface area (Å²) >= 11 is 6.90. The Morgan fingerprint density at radius 2 is 2.17 bits per heavy atom. The molecule has 1 aromatic rings. The largest absolute Gasteiger partial charge is 0.493 e. The van der Waals surface area contributed by atoms with Crippen LogP contribution in [0.1, 0.15) is 22.8 Å². The van der Waals surface area contributed by atoms with Gasteiger partial charge in [0.05, 0.1) is 13.0 Å². The first-order chi connectivity index (χ1) is 8.65. The maximum absolute atomic E-state index is 11.9. The van der Waals surface area contributed by atoms with E-state index in [1.54, 1.807) is 19.2 Å².